The highest BCUT2D eigenvalue weighted by atomic mass is 32.2. The minimum Gasteiger partial charge on any atom is -0.276 e. The van der Waals surface area contributed by atoms with E-state index in [1.165, 1.54) is 0 Å². The molecule has 1 aliphatic heterocycles. The molecule has 0 saturated heterocycles. The SMILES string of the molecule is N=S1C=CN=CC1. The van der Waals surface area contributed by atoms with Gasteiger partial charge < -0.3 is 0 Å². The molecule has 0 saturated carbocycles. The monoisotopic (exact) mass is 114 g/mol. The Kier molecular flexibility index (Phi) is 1.36. The molecule has 0 amide bonds. The molecule has 1 atom stereocenters. The van der Waals surface area contributed by atoms with E-state index in [0.717, 1.165) is 5.75 Å². The van der Waals surface area contributed by atoms with Crippen LogP contribution in [0.3, 0.4) is 0 Å². The number of nitrogens with zero attached hydrogens (tertiary/aromatic N) is 1. The topological polar surface area (TPSA) is 36.2 Å². The quantitative estimate of drug-likeness (QED) is 0.486. The molecule has 1 heterocycles. The first-order valence-corrected chi connectivity index (χ1v) is 3.44. The highest BCUT2D eigenvalue weighted by Crippen LogP contribution is 1.90. The van der Waals surface area contributed by atoms with Crippen LogP contribution in [0.25, 0.3) is 0 Å². The molecule has 2 nitrogen and oxygen atoms in total. The van der Waals surface area contributed by atoms with Crippen LogP contribution in [-0.2, 0) is 10.7 Å². The third-order valence-corrected chi connectivity index (χ3v) is 1.63. The van der Waals surface area contributed by atoms with Crippen molar-refractivity contribution in [2.75, 3.05) is 5.75 Å². The molecule has 0 spiro atoms. The molecule has 1 unspecified atom stereocenters. The molecule has 0 aromatic rings. The zero-order chi connectivity index (χ0) is 5.11. The fourth-order valence-corrected chi connectivity index (χ4v) is 0.923. The van der Waals surface area contributed by atoms with Crippen molar-refractivity contribution in [3.05, 3.63) is 11.6 Å². The lowest BCUT2D eigenvalue weighted by molar-refractivity contribution is 1.55. The van der Waals surface area contributed by atoms with Gasteiger partial charge in [0.1, 0.15) is 0 Å². The van der Waals surface area contributed by atoms with Crippen LogP contribution in [0.15, 0.2) is 16.6 Å². The van der Waals surface area contributed by atoms with Gasteiger partial charge in [-0.2, -0.15) is 0 Å². The molecule has 3 heteroatoms. The number of nitrogens with one attached hydrogen (secondary N) is 1. The number of aliphatic imine (C=N–C) groups is 1. The highest BCUT2D eigenvalue weighted by molar-refractivity contribution is 7.89. The average Bonchev–Trinajstić information content (AvgIpc) is 1.69. The van der Waals surface area contributed by atoms with Crippen LogP contribution in [0.1, 0.15) is 0 Å². The van der Waals surface area contributed by atoms with E-state index in [1.54, 1.807) is 17.8 Å². The van der Waals surface area contributed by atoms with Gasteiger partial charge in [-0.3, -0.25) is 9.77 Å². The molecule has 0 bridgehead atoms. The summed E-state index contributed by atoms with van der Waals surface area (Å²) in [7, 11) is -0.270. The Balaban J connectivity index is 2.66. The molecule has 0 fully saturated rings. The minimum atomic E-state index is -0.270. The Labute approximate surface area is 44.9 Å². The summed E-state index contributed by atoms with van der Waals surface area (Å²) in [6.07, 6.45) is 3.45. The van der Waals surface area contributed by atoms with E-state index < -0.39 is 0 Å². The molecule has 1 rings (SSSR count). The molecule has 0 aliphatic carbocycles. The van der Waals surface area contributed by atoms with Crippen molar-refractivity contribution in [2.45, 2.75) is 0 Å². The van der Waals surface area contributed by atoms with Crippen molar-refractivity contribution >= 4 is 16.9 Å². The first-order valence-electron chi connectivity index (χ1n) is 1.99. The Morgan fingerprint density at radius 3 is 2.86 bits per heavy atom. The van der Waals surface area contributed by atoms with Gasteiger partial charge in [-0.15, -0.1) is 0 Å². The number of rotatable bonds is 0. The molecule has 0 radical (unpaired) electrons. The lowest BCUT2D eigenvalue weighted by Crippen LogP contribution is -1.94. The Morgan fingerprint density at radius 2 is 2.57 bits per heavy atom. The Bertz CT molecular complexity index is 137. The van der Waals surface area contributed by atoms with E-state index in [0.29, 0.717) is 0 Å². The van der Waals surface area contributed by atoms with Gasteiger partial charge in [0, 0.05) is 23.6 Å². The first-order chi connectivity index (χ1) is 3.39. The van der Waals surface area contributed by atoms with Crippen molar-refractivity contribution in [3.63, 3.8) is 0 Å². The summed E-state index contributed by atoms with van der Waals surface area (Å²) < 4.78 is 7.12. The van der Waals surface area contributed by atoms with Gasteiger partial charge in [-0.25, -0.2) is 0 Å². The van der Waals surface area contributed by atoms with E-state index >= 15 is 0 Å². The maximum atomic E-state index is 7.12. The fraction of sp³-hybridized carbons (Fsp3) is 0.250. The zero-order valence-corrected chi connectivity index (χ0v) is 4.61. The van der Waals surface area contributed by atoms with Crippen LogP contribution in [0.5, 0.6) is 0 Å². The first kappa shape index (κ1) is 4.71. The molecule has 1 N–H and O–H groups in total. The van der Waals surface area contributed by atoms with Crippen molar-refractivity contribution in [3.8, 4) is 0 Å². The Hall–Kier alpha value is -0.440. The summed E-state index contributed by atoms with van der Waals surface area (Å²) in [5.41, 5.74) is 0. The normalized spacial score (nSPS) is 28.3. The van der Waals surface area contributed by atoms with Crippen LogP contribution in [-0.4, -0.2) is 12.0 Å². The van der Waals surface area contributed by atoms with Gasteiger partial charge in [0.25, 0.3) is 0 Å². The molecule has 38 valence electrons. The van der Waals surface area contributed by atoms with E-state index in [4.69, 9.17) is 4.78 Å². The maximum absolute atomic E-state index is 7.12. The van der Waals surface area contributed by atoms with Crippen molar-refractivity contribution in [1.29, 1.82) is 4.78 Å². The smallest absolute Gasteiger partial charge is 0.0433 e. The number of hydrogen-bond acceptors (Lipinski definition) is 2. The van der Waals surface area contributed by atoms with Gasteiger partial charge in [-0.1, -0.05) is 10.7 Å². The summed E-state index contributed by atoms with van der Waals surface area (Å²) in [6.45, 7) is 0. The van der Waals surface area contributed by atoms with E-state index in [-0.39, 0.29) is 10.7 Å². The van der Waals surface area contributed by atoms with Crippen molar-refractivity contribution in [2.24, 2.45) is 4.99 Å². The van der Waals surface area contributed by atoms with Crippen LogP contribution in [0.2, 0.25) is 0 Å². The maximum Gasteiger partial charge on any atom is 0.0433 e. The van der Waals surface area contributed by atoms with Crippen LogP contribution >= 0.6 is 0 Å². The predicted molar refractivity (Wildman–Crippen MR) is 32.6 cm³/mol. The third kappa shape index (κ3) is 1.23. The van der Waals surface area contributed by atoms with Crippen molar-refractivity contribution < 1.29 is 0 Å². The largest absolute Gasteiger partial charge is 0.276 e. The second kappa shape index (κ2) is 2.02. The molecule has 0 aromatic heterocycles. The summed E-state index contributed by atoms with van der Waals surface area (Å²) in [6, 6.07) is 0. The minimum absolute atomic E-state index is 0.270. The molecule has 7 heavy (non-hydrogen) atoms. The van der Waals surface area contributed by atoms with Crippen LogP contribution < -0.4 is 0 Å². The molecular weight excluding hydrogens is 108 g/mol. The average molecular weight is 114 g/mol. The standard InChI is InChI=1S/C4H6N2S/c5-7-3-1-6-2-4-7/h1-3,5H,4H2. The fourth-order valence-electron chi connectivity index (χ4n) is 0.348. The molecular formula is C4H6N2S. The Morgan fingerprint density at radius 1 is 1.71 bits per heavy atom. The lowest BCUT2D eigenvalue weighted by Gasteiger charge is -1.94. The summed E-state index contributed by atoms with van der Waals surface area (Å²) in [4.78, 5) is 3.81. The van der Waals surface area contributed by atoms with E-state index in [9.17, 15) is 0 Å². The molecule has 0 aromatic carbocycles. The summed E-state index contributed by atoms with van der Waals surface area (Å²) in [5.74, 6) is 0.802. The summed E-state index contributed by atoms with van der Waals surface area (Å²) >= 11 is 0. The zero-order valence-electron chi connectivity index (χ0n) is 3.79. The highest BCUT2D eigenvalue weighted by Gasteiger charge is 1.86. The van der Waals surface area contributed by atoms with Crippen molar-refractivity contribution in [1.82, 2.24) is 0 Å². The molecule has 1 aliphatic rings. The van der Waals surface area contributed by atoms with Gasteiger partial charge >= 0.3 is 0 Å². The third-order valence-electron chi connectivity index (χ3n) is 0.671. The van der Waals surface area contributed by atoms with E-state index in [1.807, 2.05) is 0 Å². The van der Waals surface area contributed by atoms with Gasteiger partial charge in [-0.05, 0) is 0 Å². The second-order valence-electron chi connectivity index (χ2n) is 1.21. The van der Waals surface area contributed by atoms with E-state index in [2.05, 4.69) is 4.99 Å². The lowest BCUT2D eigenvalue weighted by atomic mass is 10.8. The summed E-state index contributed by atoms with van der Waals surface area (Å²) in [5, 5.41) is 1.81. The van der Waals surface area contributed by atoms with Gasteiger partial charge in [0.05, 0.1) is 0 Å². The second-order valence-corrected chi connectivity index (χ2v) is 2.68. The number of hydrogen-bond donors (Lipinski definition) is 1. The van der Waals surface area contributed by atoms with Gasteiger partial charge in [0.2, 0.25) is 0 Å². The van der Waals surface area contributed by atoms with Crippen LogP contribution in [0, 0.1) is 4.78 Å². The van der Waals surface area contributed by atoms with Gasteiger partial charge in [0.15, 0.2) is 0 Å². The van der Waals surface area contributed by atoms with Crippen LogP contribution in [0.4, 0.5) is 0 Å². The predicted octanol–water partition coefficient (Wildman–Crippen LogP) is 0.923.